The molecule has 5 nitrogen and oxygen atoms in total. The predicted octanol–water partition coefficient (Wildman–Crippen LogP) is 4.38. The van der Waals surface area contributed by atoms with Crippen molar-refractivity contribution < 1.29 is 19.1 Å². The number of carbonyl (C=O) groups excluding carboxylic acids is 2. The minimum atomic E-state index is -0.361. The first-order chi connectivity index (χ1) is 13.0. The third kappa shape index (κ3) is 4.50. The average Bonchev–Trinajstić information content (AvgIpc) is 2.98. The predicted molar refractivity (Wildman–Crippen MR) is 107 cm³/mol. The fourth-order valence-corrected chi connectivity index (χ4v) is 4.70. The molecule has 0 aliphatic heterocycles. The molecule has 0 fully saturated rings. The molecule has 1 atom stereocenters. The van der Waals surface area contributed by atoms with Gasteiger partial charge >= 0.3 is 5.97 Å². The van der Waals surface area contributed by atoms with Crippen LogP contribution in [0, 0.1) is 12.8 Å². The van der Waals surface area contributed by atoms with Gasteiger partial charge in [-0.25, -0.2) is 4.79 Å². The van der Waals surface area contributed by atoms with Crippen molar-refractivity contribution in [3.05, 3.63) is 45.8 Å². The highest BCUT2D eigenvalue weighted by Gasteiger charge is 2.29. The SMILES string of the molecule is CCOC(=O)c1c(NC(=O)COc2ccccc2C)sc2c1CC[C@@H](C)C2. The molecular weight excluding hydrogens is 362 g/mol. The van der Waals surface area contributed by atoms with Crippen LogP contribution in [0.2, 0.25) is 0 Å². The van der Waals surface area contributed by atoms with Crippen LogP contribution in [0.15, 0.2) is 24.3 Å². The third-order valence-electron chi connectivity index (χ3n) is 4.70. The molecule has 0 radical (unpaired) electrons. The Kier molecular flexibility index (Phi) is 6.16. The minimum absolute atomic E-state index is 0.105. The topological polar surface area (TPSA) is 64.6 Å². The number of hydrogen-bond acceptors (Lipinski definition) is 5. The van der Waals surface area contributed by atoms with Gasteiger partial charge in [0.15, 0.2) is 6.61 Å². The molecule has 0 saturated heterocycles. The Hall–Kier alpha value is -2.34. The van der Waals surface area contributed by atoms with Crippen molar-refractivity contribution in [2.75, 3.05) is 18.5 Å². The van der Waals surface area contributed by atoms with E-state index in [1.807, 2.05) is 31.2 Å². The molecule has 144 valence electrons. The second-order valence-electron chi connectivity index (χ2n) is 6.88. The monoisotopic (exact) mass is 387 g/mol. The van der Waals surface area contributed by atoms with Gasteiger partial charge in [0, 0.05) is 4.88 Å². The lowest BCUT2D eigenvalue weighted by Crippen LogP contribution is -2.21. The van der Waals surface area contributed by atoms with Crippen molar-refractivity contribution in [1.82, 2.24) is 0 Å². The van der Waals surface area contributed by atoms with Gasteiger partial charge in [-0.2, -0.15) is 0 Å². The Morgan fingerprint density at radius 3 is 2.81 bits per heavy atom. The number of esters is 1. The molecule has 0 unspecified atom stereocenters. The number of hydrogen-bond donors (Lipinski definition) is 1. The number of para-hydroxylation sites is 1. The van der Waals surface area contributed by atoms with Crippen molar-refractivity contribution in [3.63, 3.8) is 0 Å². The number of nitrogens with one attached hydrogen (secondary N) is 1. The van der Waals surface area contributed by atoms with Crippen LogP contribution in [0.1, 0.15) is 46.6 Å². The summed E-state index contributed by atoms with van der Waals surface area (Å²) in [5.41, 5.74) is 2.53. The lowest BCUT2D eigenvalue weighted by Gasteiger charge is -2.18. The van der Waals surface area contributed by atoms with Gasteiger partial charge in [0.05, 0.1) is 12.2 Å². The normalized spacial score (nSPS) is 15.7. The van der Waals surface area contributed by atoms with Gasteiger partial charge in [0.1, 0.15) is 10.8 Å². The standard InChI is InChI=1S/C21H25NO4S/c1-4-25-21(24)19-15-10-9-13(2)11-17(15)27-20(19)22-18(23)12-26-16-8-6-5-7-14(16)3/h5-8,13H,4,9-12H2,1-3H3,(H,22,23)/t13-/m1/s1. The van der Waals surface area contributed by atoms with E-state index < -0.39 is 0 Å². The van der Waals surface area contributed by atoms with Crippen molar-refractivity contribution in [2.45, 2.75) is 40.0 Å². The molecule has 2 aromatic rings. The zero-order chi connectivity index (χ0) is 19.4. The first kappa shape index (κ1) is 19.4. The highest BCUT2D eigenvalue weighted by Crippen LogP contribution is 2.40. The number of benzene rings is 1. The number of fused-ring (bicyclic) bond motifs is 1. The molecule has 1 amide bonds. The number of amides is 1. The van der Waals surface area contributed by atoms with Gasteiger partial charge in [0.25, 0.3) is 5.91 Å². The molecule has 1 heterocycles. The van der Waals surface area contributed by atoms with E-state index in [-0.39, 0.29) is 18.5 Å². The van der Waals surface area contributed by atoms with E-state index in [9.17, 15) is 9.59 Å². The summed E-state index contributed by atoms with van der Waals surface area (Å²) in [5.74, 6) is 0.617. The lowest BCUT2D eigenvalue weighted by atomic mass is 9.88. The summed E-state index contributed by atoms with van der Waals surface area (Å²) in [5, 5.41) is 3.44. The van der Waals surface area contributed by atoms with Crippen LogP contribution in [0.5, 0.6) is 5.75 Å². The maximum atomic E-state index is 12.5. The Bertz CT molecular complexity index is 843. The molecule has 3 rings (SSSR count). The van der Waals surface area contributed by atoms with E-state index >= 15 is 0 Å². The molecule has 1 aromatic carbocycles. The third-order valence-corrected chi connectivity index (χ3v) is 5.87. The zero-order valence-corrected chi connectivity index (χ0v) is 16.8. The summed E-state index contributed by atoms with van der Waals surface area (Å²) in [6, 6.07) is 7.55. The Morgan fingerprint density at radius 1 is 1.30 bits per heavy atom. The summed E-state index contributed by atoms with van der Waals surface area (Å²) in [7, 11) is 0. The van der Waals surface area contributed by atoms with E-state index in [0.717, 1.165) is 30.4 Å². The molecule has 1 aromatic heterocycles. The van der Waals surface area contributed by atoms with Gasteiger partial charge in [-0.05, 0) is 56.2 Å². The van der Waals surface area contributed by atoms with Crippen LogP contribution >= 0.6 is 11.3 Å². The molecule has 27 heavy (non-hydrogen) atoms. The quantitative estimate of drug-likeness (QED) is 0.747. The van der Waals surface area contributed by atoms with Gasteiger partial charge in [-0.15, -0.1) is 11.3 Å². The fourth-order valence-electron chi connectivity index (χ4n) is 3.28. The van der Waals surface area contributed by atoms with Crippen molar-refractivity contribution in [3.8, 4) is 5.75 Å². The molecule has 0 spiro atoms. The van der Waals surface area contributed by atoms with Gasteiger partial charge in [0.2, 0.25) is 0 Å². The minimum Gasteiger partial charge on any atom is -0.483 e. The van der Waals surface area contributed by atoms with E-state index in [4.69, 9.17) is 9.47 Å². The summed E-state index contributed by atoms with van der Waals surface area (Å²) in [4.78, 5) is 26.1. The molecule has 0 saturated carbocycles. The maximum Gasteiger partial charge on any atom is 0.341 e. The number of anilines is 1. The van der Waals surface area contributed by atoms with E-state index in [1.165, 1.54) is 16.2 Å². The average molecular weight is 388 g/mol. The van der Waals surface area contributed by atoms with Crippen molar-refractivity contribution in [2.24, 2.45) is 5.92 Å². The Labute approximate surface area is 163 Å². The van der Waals surface area contributed by atoms with Crippen LogP contribution < -0.4 is 10.1 Å². The molecule has 1 aliphatic rings. The Morgan fingerprint density at radius 2 is 2.07 bits per heavy atom. The maximum absolute atomic E-state index is 12.5. The number of ether oxygens (including phenoxy) is 2. The van der Waals surface area contributed by atoms with Crippen LogP contribution in [-0.2, 0) is 22.4 Å². The van der Waals surface area contributed by atoms with Gasteiger partial charge in [-0.3, -0.25) is 4.79 Å². The molecular formula is C21H25NO4S. The van der Waals surface area contributed by atoms with Crippen LogP contribution in [0.4, 0.5) is 5.00 Å². The number of aryl methyl sites for hydroxylation is 1. The van der Waals surface area contributed by atoms with E-state index in [2.05, 4.69) is 12.2 Å². The highest BCUT2D eigenvalue weighted by atomic mass is 32.1. The Balaban J connectivity index is 1.76. The summed E-state index contributed by atoms with van der Waals surface area (Å²) in [6.45, 7) is 6.13. The summed E-state index contributed by atoms with van der Waals surface area (Å²) >= 11 is 1.48. The molecule has 1 N–H and O–H groups in total. The fraction of sp³-hybridized carbons (Fsp3) is 0.429. The summed E-state index contributed by atoms with van der Waals surface area (Å²) in [6.07, 6.45) is 2.82. The second-order valence-corrected chi connectivity index (χ2v) is 7.98. The first-order valence-corrected chi connectivity index (χ1v) is 10.1. The van der Waals surface area contributed by atoms with Gasteiger partial charge in [-0.1, -0.05) is 25.1 Å². The first-order valence-electron chi connectivity index (χ1n) is 9.29. The highest BCUT2D eigenvalue weighted by molar-refractivity contribution is 7.17. The van der Waals surface area contributed by atoms with E-state index in [1.54, 1.807) is 6.92 Å². The van der Waals surface area contributed by atoms with Crippen molar-refractivity contribution >= 4 is 28.2 Å². The summed E-state index contributed by atoms with van der Waals surface area (Å²) < 4.78 is 10.8. The van der Waals surface area contributed by atoms with Crippen molar-refractivity contribution in [1.29, 1.82) is 0 Å². The lowest BCUT2D eigenvalue weighted by molar-refractivity contribution is -0.118. The number of carbonyl (C=O) groups is 2. The molecule has 0 bridgehead atoms. The largest absolute Gasteiger partial charge is 0.483 e. The van der Waals surface area contributed by atoms with Crippen LogP contribution in [0.3, 0.4) is 0 Å². The molecule has 6 heteroatoms. The van der Waals surface area contributed by atoms with Crippen LogP contribution in [-0.4, -0.2) is 25.1 Å². The molecule has 1 aliphatic carbocycles. The number of rotatable bonds is 6. The zero-order valence-electron chi connectivity index (χ0n) is 16.0. The second kappa shape index (κ2) is 8.57. The van der Waals surface area contributed by atoms with E-state index in [0.29, 0.717) is 28.8 Å². The van der Waals surface area contributed by atoms with Gasteiger partial charge < -0.3 is 14.8 Å². The smallest absolute Gasteiger partial charge is 0.341 e. The number of thiophene rings is 1. The van der Waals surface area contributed by atoms with Crippen LogP contribution in [0.25, 0.3) is 0 Å².